The summed E-state index contributed by atoms with van der Waals surface area (Å²) in [5.41, 5.74) is 5.91. The maximum Gasteiger partial charge on any atom is 0.317 e. The van der Waals surface area contributed by atoms with E-state index in [0.717, 1.165) is 12.5 Å². The van der Waals surface area contributed by atoms with Gasteiger partial charge >= 0.3 is 6.03 Å². The number of carbonyl (C=O) groups excluding carboxylic acids is 2. The summed E-state index contributed by atoms with van der Waals surface area (Å²) < 4.78 is 40.1. The number of likely N-dealkylation sites (tertiary alicyclic amines) is 2. The van der Waals surface area contributed by atoms with Crippen LogP contribution < -0.4 is 11.1 Å². The Bertz CT molecular complexity index is 746. The SMILES string of the molecule is CNC(=O)N1CC2CCN(C(=O)CC(N)Cc3cc(F)c(F)cc3F)C2C1. The fourth-order valence-electron chi connectivity index (χ4n) is 4.01. The van der Waals surface area contributed by atoms with Crippen LogP contribution >= 0.6 is 0 Å². The highest BCUT2D eigenvalue weighted by atomic mass is 19.2. The Morgan fingerprint density at radius 1 is 1.22 bits per heavy atom. The van der Waals surface area contributed by atoms with Crippen LogP contribution in [0, 0.1) is 23.4 Å². The van der Waals surface area contributed by atoms with Crippen molar-refractivity contribution in [1.82, 2.24) is 15.1 Å². The van der Waals surface area contributed by atoms with E-state index in [1.807, 2.05) is 0 Å². The Morgan fingerprint density at radius 2 is 1.93 bits per heavy atom. The molecule has 3 amide bonds. The van der Waals surface area contributed by atoms with Crippen molar-refractivity contribution in [2.75, 3.05) is 26.7 Å². The fraction of sp³-hybridized carbons (Fsp3) is 0.556. The molecular weight excluding hydrogens is 361 g/mol. The Labute approximate surface area is 155 Å². The molecule has 6 nitrogen and oxygen atoms in total. The van der Waals surface area contributed by atoms with Gasteiger partial charge in [0.15, 0.2) is 11.6 Å². The minimum absolute atomic E-state index is 0.0262. The highest BCUT2D eigenvalue weighted by Crippen LogP contribution is 2.32. The number of hydrogen-bond acceptors (Lipinski definition) is 3. The van der Waals surface area contributed by atoms with Gasteiger partial charge in [0.1, 0.15) is 5.82 Å². The first-order valence-electron chi connectivity index (χ1n) is 8.95. The van der Waals surface area contributed by atoms with E-state index >= 15 is 0 Å². The number of nitrogens with zero attached hydrogens (tertiary/aromatic N) is 2. The molecule has 3 rings (SSSR count). The normalized spacial score (nSPS) is 22.7. The lowest BCUT2D eigenvalue weighted by Crippen LogP contribution is -2.44. The first-order valence-corrected chi connectivity index (χ1v) is 8.95. The lowest BCUT2D eigenvalue weighted by atomic mass is 10.0. The van der Waals surface area contributed by atoms with Gasteiger partial charge in [0.25, 0.3) is 0 Å². The van der Waals surface area contributed by atoms with Crippen LogP contribution in [0.3, 0.4) is 0 Å². The molecule has 1 aromatic rings. The Hall–Kier alpha value is -2.29. The largest absolute Gasteiger partial charge is 0.341 e. The van der Waals surface area contributed by atoms with Crippen molar-refractivity contribution in [3.05, 3.63) is 35.1 Å². The number of carbonyl (C=O) groups is 2. The number of hydrogen-bond donors (Lipinski definition) is 2. The lowest BCUT2D eigenvalue weighted by molar-refractivity contribution is -0.132. The zero-order valence-corrected chi connectivity index (χ0v) is 15.1. The molecule has 9 heteroatoms. The average molecular weight is 384 g/mol. The van der Waals surface area contributed by atoms with E-state index in [4.69, 9.17) is 5.73 Å². The van der Waals surface area contributed by atoms with Crippen molar-refractivity contribution >= 4 is 11.9 Å². The van der Waals surface area contributed by atoms with E-state index in [2.05, 4.69) is 5.32 Å². The van der Waals surface area contributed by atoms with Crippen LogP contribution in [0.25, 0.3) is 0 Å². The number of benzene rings is 1. The van der Waals surface area contributed by atoms with Crippen LogP contribution in [-0.2, 0) is 11.2 Å². The van der Waals surface area contributed by atoms with Gasteiger partial charge in [-0.05, 0) is 24.5 Å². The number of rotatable bonds is 4. The van der Waals surface area contributed by atoms with Crippen LogP contribution in [0.4, 0.5) is 18.0 Å². The van der Waals surface area contributed by atoms with Gasteiger partial charge in [0, 0.05) is 51.1 Å². The third-order valence-electron chi connectivity index (χ3n) is 5.38. The van der Waals surface area contributed by atoms with Crippen molar-refractivity contribution in [3.63, 3.8) is 0 Å². The molecule has 148 valence electrons. The predicted molar refractivity (Wildman–Crippen MR) is 92.2 cm³/mol. The summed E-state index contributed by atoms with van der Waals surface area (Å²) in [6.07, 6.45) is 0.722. The zero-order valence-electron chi connectivity index (χ0n) is 15.1. The van der Waals surface area contributed by atoms with Crippen molar-refractivity contribution in [1.29, 1.82) is 0 Å². The smallest absolute Gasteiger partial charge is 0.317 e. The molecule has 0 spiro atoms. The number of nitrogens with two attached hydrogens (primary N) is 1. The number of fused-ring (bicyclic) bond motifs is 1. The predicted octanol–water partition coefficient (Wildman–Crippen LogP) is 1.24. The van der Waals surface area contributed by atoms with E-state index in [1.54, 1.807) is 16.8 Å². The molecule has 3 N–H and O–H groups in total. The standard InChI is InChI=1S/C18H23F3N4O2/c1-23-18(27)24-8-10-2-3-25(16(10)9-24)17(26)6-12(22)4-11-5-14(20)15(21)7-13(11)19/h5,7,10,12,16H,2-4,6,8-9,22H2,1H3,(H,23,27). The average Bonchev–Trinajstić information content (AvgIpc) is 3.19. The maximum absolute atomic E-state index is 13.8. The van der Waals surface area contributed by atoms with Gasteiger partial charge in [0.2, 0.25) is 5.91 Å². The van der Waals surface area contributed by atoms with Gasteiger partial charge in [-0.2, -0.15) is 0 Å². The van der Waals surface area contributed by atoms with Crippen molar-refractivity contribution < 1.29 is 22.8 Å². The molecule has 0 bridgehead atoms. The number of amides is 3. The molecule has 2 saturated heterocycles. The van der Waals surface area contributed by atoms with Crippen molar-refractivity contribution in [2.45, 2.75) is 31.3 Å². The van der Waals surface area contributed by atoms with E-state index in [-0.39, 0.29) is 42.3 Å². The Morgan fingerprint density at radius 3 is 2.63 bits per heavy atom. The van der Waals surface area contributed by atoms with E-state index < -0.39 is 23.5 Å². The summed E-state index contributed by atoms with van der Waals surface area (Å²) in [5.74, 6) is -3.21. The zero-order chi connectivity index (χ0) is 19.7. The second-order valence-corrected chi connectivity index (χ2v) is 7.19. The molecule has 3 atom stereocenters. The quantitative estimate of drug-likeness (QED) is 0.767. The molecule has 0 aliphatic carbocycles. The second-order valence-electron chi connectivity index (χ2n) is 7.19. The first kappa shape index (κ1) is 19.5. The van der Waals surface area contributed by atoms with Crippen LogP contribution in [0.2, 0.25) is 0 Å². The lowest BCUT2D eigenvalue weighted by Gasteiger charge is -2.26. The van der Waals surface area contributed by atoms with E-state index in [9.17, 15) is 22.8 Å². The third-order valence-corrected chi connectivity index (χ3v) is 5.38. The van der Waals surface area contributed by atoms with Gasteiger partial charge in [0.05, 0.1) is 6.04 Å². The summed E-state index contributed by atoms with van der Waals surface area (Å²) >= 11 is 0. The summed E-state index contributed by atoms with van der Waals surface area (Å²) in [6, 6.07) is 0.339. The molecule has 1 aromatic carbocycles. The minimum Gasteiger partial charge on any atom is -0.341 e. The molecule has 2 aliphatic heterocycles. The van der Waals surface area contributed by atoms with Gasteiger partial charge in [-0.15, -0.1) is 0 Å². The molecule has 2 fully saturated rings. The molecule has 0 saturated carbocycles. The Balaban J connectivity index is 1.59. The van der Waals surface area contributed by atoms with Gasteiger partial charge < -0.3 is 20.9 Å². The summed E-state index contributed by atoms with van der Waals surface area (Å²) in [5, 5.41) is 2.58. The second kappa shape index (κ2) is 7.75. The minimum atomic E-state index is -1.26. The van der Waals surface area contributed by atoms with Crippen LogP contribution in [0.1, 0.15) is 18.4 Å². The number of urea groups is 1. The van der Waals surface area contributed by atoms with Gasteiger partial charge in [-0.3, -0.25) is 4.79 Å². The van der Waals surface area contributed by atoms with Crippen molar-refractivity contribution in [2.24, 2.45) is 11.7 Å². The van der Waals surface area contributed by atoms with E-state index in [0.29, 0.717) is 25.7 Å². The molecular formula is C18H23F3N4O2. The highest BCUT2D eigenvalue weighted by molar-refractivity contribution is 5.78. The topological polar surface area (TPSA) is 78.7 Å². The Kier molecular flexibility index (Phi) is 5.59. The maximum atomic E-state index is 13.8. The summed E-state index contributed by atoms with van der Waals surface area (Å²) in [7, 11) is 1.57. The van der Waals surface area contributed by atoms with Gasteiger partial charge in [-0.25, -0.2) is 18.0 Å². The number of halogens is 3. The third kappa shape index (κ3) is 4.02. The van der Waals surface area contributed by atoms with Crippen LogP contribution in [0.15, 0.2) is 12.1 Å². The molecule has 3 unspecified atom stereocenters. The van der Waals surface area contributed by atoms with Crippen LogP contribution in [-0.4, -0.2) is 60.5 Å². The highest BCUT2D eigenvalue weighted by Gasteiger charge is 2.44. The molecule has 2 heterocycles. The van der Waals surface area contributed by atoms with Crippen LogP contribution in [0.5, 0.6) is 0 Å². The number of nitrogens with one attached hydrogen (secondary N) is 1. The van der Waals surface area contributed by atoms with E-state index in [1.165, 1.54) is 0 Å². The molecule has 2 aliphatic rings. The fourth-order valence-corrected chi connectivity index (χ4v) is 4.01. The summed E-state index contributed by atoms with van der Waals surface area (Å²) in [4.78, 5) is 27.8. The van der Waals surface area contributed by atoms with Gasteiger partial charge in [-0.1, -0.05) is 0 Å². The summed E-state index contributed by atoms with van der Waals surface area (Å²) in [6.45, 7) is 1.69. The monoisotopic (exact) mass is 384 g/mol. The molecule has 0 aromatic heterocycles. The van der Waals surface area contributed by atoms with Crippen molar-refractivity contribution in [3.8, 4) is 0 Å². The first-order chi connectivity index (χ1) is 12.8. The molecule has 0 radical (unpaired) electrons. The molecule has 27 heavy (non-hydrogen) atoms.